The smallest absolute Gasteiger partial charge is 0.378 e. The zero-order valence-electron chi connectivity index (χ0n) is 14.2. The second-order valence-corrected chi connectivity index (χ2v) is 7.42. The van der Waals surface area contributed by atoms with Crippen LogP contribution in [-0.4, -0.2) is 39.3 Å². The summed E-state index contributed by atoms with van der Waals surface area (Å²) >= 11 is 5.94. The first-order chi connectivity index (χ1) is 12.3. The predicted octanol–water partition coefficient (Wildman–Crippen LogP) is 3.90. The molecule has 0 saturated carbocycles. The third-order valence-electron chi connectivity index (χ3n) is 3.74. The molecule has 1 saturated heterocycles. The van der Waals surface area contributed by atoms with Crippen molar-refractivity contribution in [1.29, 1.82) is 5.39 Å². The highest BCUT2D eigenvalue weighted by atomic mass is 35.5. The van der Waals surface area contributed by atoms with E-state index in [1.807, 2.05) is 19.1 Å². The molecule has 0 amide bonds. The molecule has 0 aromatic heterocycles. The van der Waals surface area contributed by atoms with Gasteiger partial charge >= 0.3 is 5.69 Å². The average molecular weight is 397 g/mol. The van der Waals surface area contributed by atoms with E-state index < -0.39 is 10.1 Å². The van der Waals surface area contributed by atoms with Crippen molar-refractivity contribution in [1.82, 2.24) is 0 Å². The number of morpholine rings is 1. The number of hydrogen-bond acceptors (Lipinski definition) is 5. The summed E-state index contributed by atoms with van der Waals surface area (Å²) in [6, 6.07) is 11.4. The number of aryl methyl sites for hydroxylation is 1. The summed E-state index contributed by atoms with van der Waals surface area (Å²) in [7, 11) is -4.02. The largest absolute Gasteiger partial charge is 0.426 e. The Balaban J connectivity index is 0.000000197. The molecule has 9 heteroatoms. The molecule has 1 aliphatic rings. The van der Waals surface area contributed by atoms with Crippen LogP contribution in [0.3, 0.4) is 0 Å². The molecule has 0 aliphatic carbocycles. The number of benzene rings is 2. The van der Waals surface area contributed by atoms with Crippen molar-refractivity contribution < 1.29 is 17.7 Å². The van der Waals surface area contributed by atoms with Crippen LogP contribution in [-0.2, 0) is 14.9 Å². The Bertz CT molecular complexity index is 889. The molecule has 0 bridgehead atoms. The lowest BCUT2D eigenvalue weighted by Crippen LogP contribution is -2.36. The highest BCUT2D eigenvalue weighted by Crippen LogP contribution is 2.35. The minimum absolute atomic E-state index is 0.0666. The lowest BCUT2D eigenvalue weighted by atomic mass is 10.2. The van der Waals surface area contributed by atoms with Crippen LogP contribution in [0.4, 0.5) is 11.4 Å². The highest BCUT2D eigenvalue weighted by Gasteiger charge is 2.24. The molecule has 3 rings (SSSR count). The first-order valence-electron chi connectivity index (χ1n) is 7.83. The minimum Gasteiger partial charge on any atom is -0.378 e. The molecule has 0 unspecified atom stereocenters. The van der Waals surface area contributed by atoms with Crippen LogP contribution in [0.15, 0.2) is 47.4 Å². The molecular formula is C17H19ClN3O4S+. The lowest BCUT2D eigenvalue weighted by molar-refractivity contribution is 0.123. The van der Waals surface area contributed by atoms with Gasteiger partial charge in [0.2, 0.25) is 5.39 Å². The van der Waals surface area contributed by atoms with E-state index in [0.29, 0.717) is 23.9 Å². The average Bonchev–Trinajstić information content (AvgIpc) is 2.62. The van der Waals surface area contributed by atoms with Gasteiger partial charge in [-0.05, 0) is 31.2 Å². The zero-order valence-corrected chi connectivity index (χ0v) is 15.7. The molecule has 0 atom stereocenters. The van der Waals surface area contributed by atoms with Crippen molar-refractivity contribution in [2.75, 3.05) is 31.2 Å². The van der Waals surface area contributed by atoms with Gasteiger partial charge in [0.05, 0.1) is 18.1 Å². The van der Waals surface area contributed by atoms with Crippen molar-refractivity contribution >= 4 is 33.1 Å². The molecular weight excluding hydrogens is 378 g/mol. The summed E-state index contributed by atoms with van der Waals surface area (Å²) in [6.45, 7) is 4.81. The predicted molar refractivity (Wildman–Crippen MR) is 100 cm³/mol. The van der Waals surface area contributed by atoms with Gasteiger partial charge < -0.3 is 9.64 Å². The van der Waals surface area contributed by atoms with Gasteiger partial charge in [-0.2, -0.15) is 8.42 Å². The molecule has 0 spiro atoms. The van der Waals surface area contributed by atoms with Gasteiger partial charge in [-0.3, -0.25) is 4.55 Å². The monoisotopic (exact) mass is 396 g/mol. The van der Waals surface area contributed by atoms with Gasteiger partial charge in [-0.1, -0.05) is 35.4 Å². The maximum absolute atomic E-state index is 10.5. The van der Waals surface area contributed by atoms with Gasteiger partial charge in [0.1, 0.15) is 10.7 Å². The molecule has 1 aliphatic heterocycles. The standard InChI is InChI=1S/C10H11ClN3O.C7H8O3S/c11-8-2-1-3-9(10(8)13-12)14-4-6-15-7-5-14;1-6-2-4-7(5-3-6)11(8,9)10/h1-3H,4-7H2;2-5H,1H3,(H,8,9,10)/q+1;. The number of rotatable bonds is 2. The lowest BCUT2D eigenvalue weighted by Gasteiger charge is -2.27. The molecule has 2 aromatic rings. The first-order valence-corrected chi connectivity index (χ1v) is 9.65. The van der Waals surface area contributed by atoms with E-state index >= 15 is 0 Å². The quantitative estimate of drug-likeness (QED) is 0.611. The Morgan fingerprint density at radius 3 is 2.31 bits per heavy atom. The van der Waals surface area contributed by atoms with Crippen LogP contribution in [0.1, 0.15) is 5.56 Å². The van der Waals surface area contributed by atoms with Crippen LogP contribution >= 0.6 is 11.6 Å². The van der Waals surface area contributed by atoms with Gasteiger partial charge in [0, 0.05) is 13.1 Å². The van der Waals surface area contributed by atoms with E-state index in [4.69, 9.17) is 26.3 Å². The summed E-state index contributed by atoms with van der Waals surface area (Å²) in [4.78, 5) is 5.27. The number of anilines is 1. The van der Waals surface area contributed by atoms with Gasteiger partial charge in [-0.25, -0.2) is 0 Å². The van der Waals surface area contributed by atoms with E-state index in [-0.39, 0.29) is 4.90 Å². The normalized spacial score (nSPS) is 14.2. The van der Waals surface area contributed by atoms with Crippen LogP contribution in [0.25, 0.3) is 4.98 Å². The third kappa shape index (κ3) is 5.41. The Morgan fingerprint density at radius 2 is 1.77 bits per heavy atom. The van der Waals surface area contributed by atoms with Crippen molar-refractivity contribution in [3.63, 3.8) is 0 Å². The van der Waals surface area contributed by atoms with Gasteiger partial charge in [0.15, 0.2) is 4.98 Å². The SMILES string of the molecule is Cc1ccc(S(=O)(=O)O)cc1.N#[N+]c1c(Cl)cccc1N1CCOCC1. The second kappa shape index (κ2) is 8.96. The minimum atomic E-state index is -4.02. The Kier molecular flexibility index (Phi) is 6.94. The summed E-state index contributed by atoms with van der Waals surface area (Å²) in [5.74, 6) is 0. The summed E-state index contributed by atoms with van der Waals surface area (Å²) < 4.78 is 34.8. The molecule has 2 aromatic carbocycles. The van der Waals surface area contributed by atoms with Crippen LogP contribution in [0.5, 0.6) is 0 Å². The van der Waals surface area contributed by atoms with E-state index in [0.717, 1.165) is 24.3 Å². The second-order valence-electron chi connectivity index (χ2n) is 5.60. The van der Waals surface area contributed by atoms with Crippen molar-refractivity contribution in [3.8, 4) is 0 Å². The van der Waals surface area contributed by atoms with Crippen molar-refractivity contribution in [2.24, 2.45) is 0 Å². The fourth-order valence-electron chi connectivity index (χ4n) is 2.37. The maximum Gasteiger partial charge on any atom is 0.426 e. The molecule has 1 fully saturated rings. The first kappa shape index (κ1) is 20.1. The number of halogens is 1. The van der Waals surface area contributed by atoms with E-state index in [9.17, 15) is 8.42 Å². The molecule has 26 heavy (non-hydrogen) atoms. The topological polar surface area (TPSA) is 95.0 Å². The Hall–Kier alpha value is -2.18. The fourth-order valence-corrected chi connectivity index (χ4v) is 3.06. The molecule has 7 nitrogen and oxygen atoms in total. The maximum atomic E-state index is 10.5. The summed E-state index contributed by atoms with van der Waals surface area (Å²) in [6.07, 6.45) is 0. The van der Waals surface area contributed by atoms with E-state index in [1.165, 1.54) is 12.1 Å². The summed E-state index contributed by atoms with van der Waals surface area (Å²) in [5, 5.41) is 9.37. The van der Waals surface area contributed by atoms with Gasteiger partial charge in [-0.15, -0.1) is 0 Å². The van der Waals surface area contributed by atoms with Crippen LogP contribution in [0, 0.1) is 12.3 Å². The number of diazo groups is 1. The van der Waals surface area contributed by atoms with Gasteiger partial charge in [0.25, 0.3) is 10.1 Å². The Morgan fingerprint density at radius 1 is 1.15 bits per heavy atom. The number of nitrogens with zero attached hydrogens (tertiary/aromatic N) is 3. The summed E-state index contributed by atoms with van der Waals surface area (Å²) in [5.41, 5.74) is 2.24. The Labute approximate surface area is 157 Å². The third-order valence-corrected chi connectivity index (χ3v) is 4.91. The highest BCUT2D eigenvalue weighted by molar-refractivity contribution is 7.85. The van der Waals surface area contributed by atoms with Crippen molar-refractivity contribution in [3.05, 3.63) is 58.0 Å². The molecule has 1 heterocycles. The number of hydrogen-bond donors (Lipinski definition) is 1. The number of ether oxygens (including phenoxy) is 1. The van der Waals surface area contributed by atoms with E-state index in [1.54, 1.807) is 18.2 Å². The molecule has 0 radical (unpaired) electrons. The van der Waals surface area contributed by atoms with Crippen LogP contribution in [0.2, 0.25) is 5.02 Å². The van der Waals surface area contributed by atoms with E-state index in [2.05, 4.69) is 9.88 Å². The van der Waals surface area contributed by atoms with Crippen molar-refractivity contribution in [2.45, 2.75) is 11.8 Å². The zero-order chi connectivity index (χ0) is 19.2. The van der Waals surface area contributed by atoms with Crippen LogP contribution < -0.4 is 4.90 Å². The fraction of sp³-hybridized carbons (Fsp3) is 0.294. The molecule has 1 N–H and O–H groups in total. The molecule has 138 valence electrons.